The van der Waals surface area contributed by atoms with Crippen molar-refractivity contribution in [2.45, 2.75) is 25.2 Å². The number of carbonyl (C=O) groups excluding carboxylic acids is 1. The quantitative estimate of drug-likeness (QED) is 0.311. The maximum Gasteiger partial charge on any atom is 0.168 e. The van der Waals surface area contributed by atoms with E-state index in [0.717, 1.165) is 21.9 Å². The van der Waals surface area contributed by atoms with Crippen molar-refractivity contribution in [3.05, 3.63) is 120 Å². The lowest BCUT2D eigenvalue weighted by Gasteiger charge is -2.25. The number of allylic oxidation sites excluding steroid dienone is 2. The fourth-order valence-corrected chi connectivity index (χ4v) is 4.86. The highest BCUT2D eigenvalue weighted by Crippen LogP contribution is 2.36. The molecular weight excluding hydrogens is 434 g/mol. The maximum absolute atomic E-state index is 13.5. The third-order valence-electron chi connectivity index (χ3n) is 6.58. The Balaban J connectivity index is 1.61. The summed E-state index contributed by atoms with van der Waals surface area (Å²) in [4.78, 5) is 18.4. The van der Waals surface area contributed by atoms with Crippen molar-refractivity contribution >= 4 is 28.0 Å². The first-order valence-electron chi connectivity index (χ1n) is 11.8. The number of fused-ring (bicyclic) bond motifs is 1. The zero-order valence-corrected chi connectivity index (χ0v) is 19.6. The van der Waals surface area contributed by atoms with Crippen LogP contribution in [0.5, 0.6) is 5.75 Å². The number of nitrogens with zero attached hydrogens (tertiary/aromatic N) is 1. The summed E-state index contributed by atoms with van der Waals surface area (Å²) in [5, 5.41) is 13.4. The minimum Gasteiger partial charge on any atom is -0.511 e. The molecule has 1 N–H and O–H groups in total. The van der Waals surface area contributed by atoms with Crippen LogP contribution in [0.2, 0.25) is 0 Å². The van der Waals surface area contributed by atoms with Crippen molar-refractivity contribution in [1.29, 1.82) is 0 Å². The number of ether oxygens (including phenoxy) is 1. The molecule has 1 aliphatic rings. The fourth-order valence-electron chi connectivity index (χ4n) is 4.86. The van der Waals surface area contributed by atoms with Crippen LogP contribution < -0.4 is 4.74 Å². The molecule has 0 saturated carbocycles. The van der Waals surface area contributed by atoms with Gasteiger partial charge in [0.25, 0.3) is 0 Å². The summed E-state index contributed by atoms with van der Waals surface area (Å²) < 4.78 is 5.51. The van der Waals surface area contributed by atoms with E-state index in [-0.39, 0.29) is 17.5 Å². The molecule has 0 bridgehead atoms. The number of aliphatic hydroxyl groups excluding tert-OH is 1. The van der Waals surface area contributed by atoms with Gasteiger partial charge in [0.2, 0.25) is 0 Å². The van der Waals surface area contributed by atoms with Gasteiger partial charge in [-0.1, -0.05) is 84.9 Å². The van der Waals surface area contributed by atoms with Crippen LogP contribution in [0.15, 0.2) is 113 Å². The second-order valence-electron chi connectivity index (χ2n) is 8.81. The van der Waals surface area contributed by atoms with Crippen LogP contribution >= 0.6 is 0 Å². The summed E-state index contributed by atoms with van der Waals surface area (Å²) in [5.74, 6) is 0.589. The molecular formula is C31H27NO3. The topological polar surface area (TPSA) is 58.9 Å². The Bertz CT molecular complexity index is 1430. The molecule has 4 aromatic carbocycles. The zero-order valence-electron chi connectivity index (χ0n) is 19.6. The highest BCUT2D eigenvalue weighted by molar-refractivity contribution is 6.24. The van der Waals surface area contributed by atoms with Gasteiger partial charge in [-0.2, -0.15) is 0 Å². The summed E-state index contributed by atoms with van der Waals surface area (Å²) in [7, 11) is 1.60. The van der Waals surface area contributed by atoms with Crippen molar-refractivity contribution in [3.63, 3.8) is 0 Å². The lowest BCUT2D eigenvalue weighted by atomic mass is 9.80. The van der Waals surface area contributed by atoms with Crippen LogP contribution in [0.3, 0.4) is 0 Å². The lowest BCUT2D eigenvalue weighted by Crippen LogP contribution is -2.25. The number of aliphatic imine (C=N–C) groups is 1. The normalized spacial score (nSPS) is 16.5. The van der Waals surface area contributed by atoms with E-state index in [4.69, 9.17) is 9.73 Å². The molecule has 1 aliphatic carbocycles. The molecule has 4 aromatic rings. The molecule has 0 saturated heterocycles. The number of hydrogen-bond donors (Lipinski definition) is 1. The van der Waals surface area contributed by atoms with Crippen molar-refractivity contribution < 1.29 is 14.6 Å². The molecule has 5 rings (SSSR count). The molecule has 0 aliphatic heterocycles. The molecule has 35 heavy (non-hydrogen) atoms. The number of Topliss-reactive ketones (excluding diaryl/α,β-unsaturated/α-hetero) is 1. The molecule has 174 valence electrons. The van der Waals surface area contributed by atoms with Crippen LogP contribution in [0, 0.1) is 0 Å². The lowest BCUT2D eigenvalue weighted by molar-refractivity contribution is -0.116. The van der Waals surface area contributed by atoms with Gasteiger partial charge in [-0.05, 0) is 39.9 Å². The molecule has 4 heteroatoms. The molecule has 1 atom stereocenters. The van der Waals surface area contributed by atoms with Crippen molar-refractivity contribution in [2.24, 2.45) is 4.99 Å². The van der Waals surface area contributed by atoms with Gasteiger partial charge in [-0.25, -0.2) is 4.99 Å². The average molecular weight is 462 g/mol. The Labute approximate surface area is 205 Å². The largest absolute Gasteiger partial charge is 0.511 e. The van der Waals surface area contributed by atoms with E-state index < -0.39 is 0 Å². The van der Waals surface area contributed by atoms with Crippen LogP contribution in [0.1, 0.15) is 29.9 Å². The third kappa shape index (κ3) is 4.73. The highest BCUT2D eigenvalue weighted by atomic mass is 16.5. The van der Waals surface area contributed by atoms with Crippen LogP contribution in [0.4, 0.5) is 5.69 Å². The Morgan fingerprint density at radius 3 is 2.40 bits per heavy atom. The Kier molecular flexibility index (Phi) is 6.44. The van der Waals surface area contributed by atoms with Crippen molar-refractivity contribution in [3.8, 4) is 5.75 Å². The molecule has 0 spiro atoms. The third-order valence-corrected chi connectivity index (χ3v) is 6.58. The van der Waals surface area contributed by atoms with E-state index in [1.807, 2.05) is 72.8 Å². The number of ketones is 1. The van der Waals surface area contributed by atoms with Crippen LogP contribution in [-0.2, 0) is 11.2 Å². The minimum atomic E-state index is -0.0866. The zero-order chi connectivity index (χ0) is 24.2. The smallest absolute Gasteiger partial charge is 0.168 e. The number of hydrogen-bond acceptors (Lipinski definition) is 4. The average Bonchev–Trinajstić information content (AvgIpc) is 2.89. The molecule has 0 heterocycles. The van der Waals surface area contributed by atoms with Gasteiger partial charge in [0.1, 0.15) is 17.2 Å². The Morgan fingerprint density at radius 2 is 1.60 bits per heavy atom. The van der Waals surface area contributed by atoms with Gasteiger partial charge in [0, 0.05) is 19.3 Å². The first-order valence-corrected chi connectivity index (χ1v) is 11.8. The van der Waals surface area contributed by atoms with Crippen LogP contribution in [-0.4, -0.2) is 23.7 Å². The van der Waals surface area contributed by atoms with Gasteiger partial charge >= 0.3 is 0 Å². The van der Waals surface area contributed by atoms with Gasteiger partial charge in [-0.3, -0.25) is 4.79 Å². The summed E-state index contributed by atoms with van der Waals surface area (Å²) in [5.41, 5.74) is 3.62. The molecule has 4 nitrogen and oxygen atoms in total. The number of carbonyl (C=O) groups is 1. The highest BCUT2D eigenvalue weighted by Gasteiger charge is 2.31. The molecule has 0 radical (unpaired) electrons. The Hall–Kier alpha value is -4.18. The van der Waals surface area contributed by atoms with Crippen LogP contribution in [0.25, 0.3) is 10.8 Å². The van der Waals surface area contributed by atoms with E-state index in [1.165, 1.54) is 0 Å². The van der Waals surface area contributed by atoms with Crippen molar-refractivity contribution in [1.82, 2.24) is 0 Å². The van der Waals surface area contributed by atoms with E-state index in [9.17, 15) is 9.90 Å². The first kappa shape index (κ1) is 22.6. The molecule has 0 amide bonds. The number of rotatable bonds is 6. The molecule has 0 fully saturated rings. The number of aliphatic hydroxyl groups is 1. The van der Waals surface area contributed by atoms with Gasteiger partial charge in [0.15, 0.2) is 5.78 Å². The van der Waals surface area contributed by atoms with Gasteiger partial charge < -0.3 is 9.84 Å². The molecule has 0 aromatic heterocycles. The standard InChI is InChI=1S/C31H27NO3/c1-35-30-17-8-7-16-26(30)32-27(18-23-14-9-13-22-12-5-6-15-25(22)23)31-28(33)19-24(20-29(31)34)21-10-3-2-4-11-21/h2-17,24,33H,18-20H2,1H3. The predicted molar refractivity (Wildman–Crippen MR) is 141 cm³/mol. The monoisotopic (exact) mass is 461 g/mol. The fraction of sp³-hybridized carbons (Fsp3) is 0.161. The van der Waals surface area contributed by atoms with E-state index in [2.05, 4.69) is 24.3 Å². The van der Waals surface area contributed by atoms with Crippen molar-refractivity contribution in [2.75, 3.05) is 7.11 Å². The van der Waals surface area contributed by atoms with E-state index in [0.29, 0.717) is 42.0 Å². The van der Waals surface area contributed by atoms with E-state index >= 15 is 0 Å². The number of methoxy groups -OCH3 is 1. The van der Waals surface area contributed by atoms with E-state index in [1.54, 1.807) is 7.11 Å². The second-order valence-corrected chi connectivity index (χ2v) is 8.81. The predicted octanol–water partition coefficient (Wildman–Crippen LogP) is 7.12. The summed E-state index contributed by atoms with van der Waals surface area (Å²) >= 11 is 0. The maximum atomic E-state index is 13.5. The number of para-hydroxylation sites is 2. The first-order chi connectivity index (χ1) is 17.1. The summed E-state index contributed by atoms with van der Waals surface area (Å²) in [6.07, 6.45) is 1.16. The minimum absolute atomic E-state index is 0.0440. The summed E-state index contributed by atoms with van der Waals surface area (Å²) in [6, 6.07) is 31.7. The molecule has 1 unspecified atom stereocenters. The SMILES string of the molecule is COc1ccccc1N=C(Cc1cccc2ccccc12)C1=C(O)CC(c2ccccc2)CC1=O. The van der Waals surface area contributed by atoms with Gasteiger partial charge in [-0.15, -0.1) is 0 Å². The number of benzene rings is 4. The summed E-state index contributed by atoms with van der Waals surface area (Å²) in [6.45, 7) is 0. The second kappa shape index (κ2) is 9.98. The Morgan fingerprint density at radius 1 is 0.886 bits per heavy atom. The van der Waals surface area contributed by atoms with Gasteiger partial charge in [0.05, 0.1) is 18.4 Å².